The van der Waals surface area contributed by atoms with E-state index in [4.69, 9.17) is 0 Å². The van der Waals surface area contributed by atoms with Crippen molar-refractivity contribution >= 4 is 23.7 Å². The zero-order chi connectivity index (χ0) is 17.2. The fraction of sp³-hybridized carbons (Fsp3) is 0.500. The Morgan fingerprint density at radius 1 is 1.38 bits per heavy atom. The second kappa shape index (κ2) is 6.46. The second-order valence-corrected chi connectivity index (χ2v) is 6.20. The maximum absolute atomic E-state index is 12.5. The summed E-state index contributed by atoms with van der Waals surface area (Å²) in [6, 6.07) is 2.61. The van der Waals surface area contributed by atoms with Gasteiger partial charge in [0, 0.05) is 19.2 Å². The average molecular weight is 332 g/mol. The molecule has 0 bridgehead atoms. The van der Waals surface area contributed by atoms with E-state index in [1.165, 1.54) is 17.2 Å². The van der Waals surface area contributed by atoms with Gasteiger partial charge in [-0.2, -0.15) is 0 Å². The Hall–Kier alpha value is -2.64. The maximum Gasteiger partial charge on any atom is 0.325 e. The van der Waals surface area contributed by atoms with E-state index in [0.29, 0.717) is 19.3 Å². The highest BCUT2D eigenvalue weighted by molar-refractivity contribution is 6.07. The molecule has 3 rings (SSSR count). The molecule has 0 unspecified atom stereocenters. The van der Waals surface area contributed by atoms with Gasteiger partial charge in [-0.15, -0.1) is 0 Å². The van der Waals surface area contributed by atoms with Gasteiger partial charge in [0.15, 0.2) is 11.6 Å². The third-order valence-electron chi connectivity index (χ3n) is 4.53. The lowest BCUT2D eigenvalue weighted by Crippen LogP contribution is -2.44. The summed E-state index contributed by atoms with van der Waals surface area (Å²) in [5.41, 5.74) is -0.709. The number of urea groups is 1. The monoisotopic (exact) mass is 332 g/mol. The van der Waals surface area contributed by atoms with Crippen LogP contribution in [0.15, 0.2) is 18.3 Å². The lowest BCUT2D eigenvalue weighted by atomic mass is 9.98. The lowest BCUT2D eigenvalue weighted by molar-refractivity contribution is -0.131. The Morgan fingerprint density at radius 3 is 2.83 bits per heavy atom. The van der Waals surface area contributed by atoms with Crippen molar-refractivity contribution in [3.05, 3.63) is 18.3 Å². The van der Waals surface area contributed by atoms with E-state index in [1.807, 2.05) is 0 Å². The van der Waals surface area contributed by atoms with Crippen molar-refractivity contribution in [3.63, 3.8) is 0 Å². The molecule has 2 fully saturated rings. The predicted octanol–water partition coefficient (Wildman–Crippen LogP) is 1.37. The van der Waals surface area contributed by atoms with Crippen LogP contribution in [0, 0.1) is 0 Å². The molecular weight excluding hydrogens is 312 g/mol. The third kappa shape index (κ3) is 3.04. The van der Waals surface area contributed by atoms with Crippen LogP contribution in [0.3, 0.4) is 0 Å². The Labute approximate surface area is 139 Å². The summed E-state index contributed by atoms with van der Waals surface area (Å²) in [6.45, 7) is 0.202. The quantitative estimate of drug-likeness (QED) is 0.705. The molecule has 1 aromatic rings. The van der Waals surface area contributed by atoms with Crippen molar-refractivity contribution < 1.29 is 19.5 Å². The van der Waals surface area contributed by atoms with Crippen molar-refractivity contribution in [1.82, 2.24) is 15.2 Å². The van der Waals surface area contributed by atoms with Crippen LogP contribution < -0.4 is 10.6 Å². The largest absolute Gasteiger partial charge is 0.504 e. The van der Waals surface area contributed by atoms with Crippen LogP contribution in [0.4, 0.5) is 10.6 Å². The minimum atomic E-state index is -0.709. The van der Waals surface area contributed by atoms with Gasteiger partial charge < -0.3 is 15.7 Å². The van der Waals surface area contributed by atoms with Crippen molar-refractivity contribution in [2.75, 3.05) is 11.9 Å². The van der Waals surface area contributed by atoms with Gasteiger partial charge in [0.2, 0.25) is 5.91 Å². The predicted molar refractivity (Wildman–Crippen MR) is 85.2 cm³/mol. The highest BCUT2D eigenvalue weighted by Crippen LogP contribution is 2.35. The number of amides is 4. The van der Waals surface area contributed by atoms with Crippen LogP contribution in [-0.4, -0.2) is 44.9 Å². The summed E-state index contributed by atoms with van der Waals surface area (Å²) in [4.78, 5) is 41.4. The maximum atomic E-state index is 12.5. The van der Waals surface area contributed by atoms with Crippen LogP contribution in [0.25, 0.3) is 0 Å². The summed E-state index contributed by atoms with van der Waals surface area (Å²) in [5, 5.41) is 14.9. The number of aromatic hydroxyl groups is 1. The number of imide groups is 1. The molecule has 8 nitrogen and oxygen atoms in total. The number of nitrogens with one attached hydrogen (secondary N) is 2. The number of carbonyl (C=O) groups excluding carboxylic acids is 3. The third-order valence-corrected chi connectivity index (χ3v) is 4.53. The van der Waals surface area contributed by atoms with E-state index in [9.17, 15) is 19.5 Å². The molecule has 24 heavy (non-hydrogen) atoms. The van der Waals surface area contributed by atoms with Crippen LogP contribution in [0.5, 0.6) is 5.75 Å². The normalized spacial score (nSPS) is 18.9. The van der Waals surface area contributed by atoms with Gasteiger partial charge in [0.05, 0.1) is 0 Å². The van der Waals surface area contributed by atoms with Crippen LogP contribution >= 0.6 is 0 Å². The Balaban J connectivity index is 1.49. The van der Waals surface area contributed by atoms with Crippen molar-refractivity contribution in [2.24, 2.45) is 0 Å². The van der Waals surface area contributed by atoms with Gasteiger partial charge >= 0.3 is 6.03 Å². The molecular formula is C16H20N4O4. The molecule has 1 saturated carbocycles. The van der Waals surface area contributed by atoms with E-state index >= 15 is 0 Å². The first kappa shape index (κ1) is 16.2. The lowest BCUT2D eigenvalue weighted by Gasteiger charge is -2.19. The molecule has 1 saturated heterocycles. The molecule has 2 heterocycles. The van der Waals surface area contributed by atoms with Crippen LogP contribution in [0.2, 0.25) is 0 Å². The number of carbonyl (C=O) groups is 3. The summed E-state index contributed by atoms with van der Waals surface area (Å²) in [5.74, 6) is -0.509. The SMILES string of the molecule is O=C(CCCN1C(=O)NC2(CCCC2)C1=O)Nc1ncccc1O. The molecule has 1 spiro atoms. The Bertz CT molecular complexity index is 670. The van der Waals surface area contributed by atoms with E-state index < -0.39 is 5.54 Å². The number of anilines is 1. The molecule has 2 aliphatic rings. The first-order chi connectivity index (χ1) is 11.5. The summed E-state index contributed by atoms with van der Waals surface area (Å²) in [7, 11) is 0. The number of pyridine rings is 1. The summed E-state index contributed by atoms with van der Waals surface area (Å²) >= 11 is 0. The first-order valence-corrected chi connectivity index (χ1v) is 8.10. The van der Waals surface area contributed by atoms with Gasteiger partial charge in [0.25, 0.3) is 5.91 Å². The van der Waals surface area contributed by atoms with E-state index in [0.717, 1.165) is 12.8 Å². The van der Waals surface area contributed by atoms with Gasteiger partial charge in [-0.1, -0.05) is 12.8 Å². The highest BCUT2D eigenvalue weighted by atomic mass is 16.3. The highest BCUT2D eigenvalue weighted by Gasteiger charge is 2.51. The van der Waals surface area contributed by atoms with Gasteiger partial charge in [-0.3, -0.25) is 14.5 Å². The van der Waals surface area contributed by atoms with E-state index in [-0.39, 0.29) is 42.4 Å². The molecule has 0 aromatic carbocycles. The zero-order valence-electron chi connectivity index (χ0n) is 13.2. The Kier molecular flexibility index (Phi) is 4.37. The minimum absolute atomic E-state index is 0.0994. The molecule has 1 aliphatic heterocycles. The summed E-state index contributed by atoms with van der Waals surface area (Å²) < 4.78 is 0. The molecule has 128 valence electrons. The number of rotatable bonds is 5. The smallest absolute Gasteiger partial charge is 0.325 e. The fourth-order valence-corrected chi connectivity index (χ4v) is 3.28. The van der Waals surface area contributed by atoms with Crippen molar-refractivity contribution in [1.29, 1.82) is 0 Å². The van der Waals surface area contributed by atoms with E-state index in [2.05, 4.69) is 15.6 Å². The minimum Gasteiger partial charge on any atom is -0.504 e. The van der Waals surface area contributed by atoms with E-state index in [1.54, 1.807) is 6.07 Å². The molecule has 0 atom stereocenters. The molecule has 4 amide bonds. The first-order valence-electron chi connectivity index (χ1n) is 8.10. The number of hydrogen-bond donors (Lipinski definition) is 3. The number of hydrogen-bond acceptors (Lipinski definition) is 5. The molecule has 1 aliphatic carbocycles. The van der Waals surface area contributed by atoms with Crippen molar-refractivity contribution in [2.45, 2.75) is 44.1 Å². The second-order valence-electron chi connectivity index (χ2n) is 6.20. The molecule has 3 N–H and O–H groups in total. The molecule has 0 radical (unpaired) electrons. The van der Waals surface area contributed by atoms with Crippen molar-refractivity contribution in [3.8, 4) is 5.75 Å². The average Bonchev–Trinajstić information content (AvgIpc) is 3.10. The topological polar surface area (TPSA) is 112 Å². The van der Waals surface area contributed by atoms with Crippen LogP contribution in [0.1, 0.15) is 38.5 Å². The Morgan fingerprint density at radius 2 is 2.12 bits per heavy atom. The van der Waals surface area contributed by atoms with Gasteiger partial charge in [-0.25, -0.2) is 9.78 Å². The number of nitrogens with zero attached hydrogens (tertiary/aromatic N) is 2. The fourth-order valence-electron chi connectivity index (χ4n) is 3.28. The molecule has 1 aromatic heterocycles. The molecule has 8 heteroatoms. The summed E-state index contributed by atoms with van der Waals surface area (Å²) in [6.07, 6.45) is 5.20. The standard InChI is InChI=1S/C16H20N4O4/c21-11-5-3-9-17-13(11)18-12(22)6-4-10-20-14(23)16(19-15(20)24)7-1-2-8-16/h3,5,9,21H,1-2,4,6-8,10H2,(H,19,24)(H,17,18,22). The van der Waals surface area contributed by atoms with Crippen LogP contribution in [-0.2, 0) is 9.59 Å². The zero-order valence-corrected chi connectivity index (χ0v) is 13.2. The van der Waals surface area contributed by atoms with Gasteiger partial charge in [-0.05, 0) is 31.4 Å². The van der Waals surface area contributed by atoms with Gasteiger partial charge in [0.1, 0.15) is 5.54 Å². The number of aromatic nitrogens is 1.